The highest BCUT2D eigenvalue weighted by molar-refractivity contribution is 6.11. The maximum atomic E-state index is 13.0. The minimum atomic E-state index is -0.326. The summed E-state index contributed by atoms with van der Waals surface area (Å²) in [5, 5.41) is 2.84. The van der Waals surface area contributed by atoms with Crippen molar-refractivity contribution in [1.82, 2.24) is 0 Å². The van der Waals surface area contributed by atoms with E-state index in [1.807, 2.05) is 38.1 Å². The Balaban J connectivity index is 1.60. The van der Waals surface area contributed by atoms with E-state index in [9.17, 15) is 9.59 Å². The molecule has 7 nitrogen and oxygen atoms in total. The molecule has 0 bridgehead atoms. The van der Waals surface area contributed by atoms with Crippen LogP contribution in [0.15, 0.2) is 60.7 Å². The largest absolute Gasteiger partial charge is 0.490 e. The Morgan fingerprint density at radius 2 is 1.69 bits per heavy atom. The molecule has 1 N–H and O–H groups in total. The molecule has 4 rings (SSSR count). The van der Waals surface area contributed by atoms with E-state index in [0.717, 1.165) is 0 Å². The number of hydrogen-bond acceptors (Lipinski definition) is 5. The van der Waals surface area contributed by atoms with Crippen molar-refractivity contribution in [2.45, 2.75) is 13.8 Å². The fourth-order valence-electron chi connectivity index (χ4n) is 3.49. The fraction of sp³-hybridized carbons (Fsp3) is 0.200. The first-order chi connectivity index (χ1) is 15.5. The van der Waals surface area contributed by atoms with Crippen LogP contribution in [0.3, 0.4) is 0 Å². The van der Waals surface area contributed by atoms with Crippen LogP contribution >= 0.6 is 0 Å². The van der Waals surface area contributed by atoms with Crippen molar-refractivity contribution in [3.63, 3.8) is 0 Å². The second kappa shape index (κ2) is 9.01. The third-order valence-electron chi connectivity index (χ3n) is 5.02. The molecule has 0 radical (unpaired) electrons. The summed E-state index contributed by atoms with van der Waals surface area (Å²) in [6, 6.07) is 17.4. The molecule has 0 aliphatic carbocycles. The number of nitrogens with one attached hydrogen (secondary N) is 1. The molecule has 0 saturated heterocycles. The van der Waals surface area contributed by atoms with Crippen molar-refractivity contribution < 1.29 is 23.8 Å². The molecule has 32 heavy (non-hydrogen) atoms. The number of benzene rings is 3. The lowest BCUT2D eigenvalue weighted by atomic mass is 10.1. The smallest absolute Gasteiger partial charge is 0.261 e. The predicted octanol–water partition coefficient (Wildman–Crippen LogP) is 5.12. The van der Waals surface area contributed by atoms with Gasteiger partial charge in [-0.1, -0.05) is 12.1 Å². The van der Waals surface area contributed by atoms with Gasteiger partial charge in [0.05, 0.1) is 24.5 Å². The summed E-state index contributed by atoms with van der Waals surface area (Å²) >= 11 is 0. The number of hydrogen-bond donors (Lipinski definition) is 1. The molecule has 0 atom stereocenters. The molecule has 1 heterocycles. The first kappa shape index (κ1) is 21.2. The predicted molar refractivity (Wildman–Crippen MR) is 122 cm³/mol. The zero-order chi connectivity index (χ0) is 22.7. The monoisotopic (exact) mass is 432 g/mol. The van der Waals surface area contributed by atoms with Crippen LogP contribution in [0.2, 0.25) is 0 Å². The minimum Gasteiger partial charge on any atom is -0.490 e. The molecule has 0 fully saturated rings. The number of carbonyl (C=O) groups is 2. The van der Waals surface area contributed by atoms with Crippen LogP contribution in [-0.2, 0) is 0 Å². The maximum Gasteiger partial charge on any atom is 0.261 e. The Hall–Kier alpha value is -4.00. The highest BCUT2D eigenvalue weighted by Crippen LogP contribution is 2.39. The first-order valence-corrected chi connectivity index (χ1v) is 10.4. The van der Waals surface area contributed by atoms with Crippen molar-refractivity contribution >= 4 is 23.2 Å². The molecule has 0 spiro atoms. The molecule has 1 aliphatic heterocycles. The van der Waals surface area contributed by atoms with Crippen LogP contribution < -0.4 is 24.4 Å². The van der Waals surface area contributed by atoms with Crippen LogP contribution in [0.25, 0.3) is 0 Å². The Morgan fingerprint density at radius 3 is 2.47 bits per heavy atom. The van der Waals surface area contributed by atoms with Crippen molar-refractivity contribution in [2.24, 2.45) is 0 Å². The van der Waals surface area contributed by atoms with Gasteiger partial charge in [0.25, 0.3) is 11.8 Å². The van der Waals surface area contributed by atoms with Gasteiger partial charge in [0.1, 0.15) is 5.75 Å². The minimum absolute atomic E-state index is 0.222. The summed E-state index contributed by atoms with van der Waals surface area (Å²) in [4.78, 5) is 27.4. The molecular weight excluding hydrogens is 408 g/mol. The van der Waals surface area contributed by atoms with Crippen molar-refractivity contribution in [1.29, 1.82) is 0 Å². The molecular formula is C25H24N2O5. The van der Waals surface area contributed by atoms with Crippen LogP contribution in [0.5, 0.6) is 23.0 Å². The van der Waals surface area contributed by atoms with Gasteiger partial charge in [-0.05, 0) is 62.4 Å². The Bertz CT molecular complexity index is 1170. The summed E-state index contributed by atoms with van der Waals surface area (Å²) in [7, 11) is 1.69. The Labute approximate surface area is 186 Å². The van der Waals surface area contributed by atoms with Crippen molar-refractivity contribution in [2.75, 3.05) is 30.5 Å². The standard InChI is InChI=1S/C25H24N2O5/c1-4-30-22-12-10-16(14-23(22)31-5-2)24(28)26-17-11-13-20-18(15-17)25(29)27(3)19-8-6-7-9-21(19)32-20/h6-15H,4-5H2,1-3H3,(H,26,28). The normalized spacial score (nSPS) is 12.2. The average molecular weight is 432 g/mol. The van der Waals surface area contributed by atoms with Crippen molar-refractivity contribution in [3.05, 3.63) is 71.8 Å². The fourth-order valence-corrected chi connectivity index (χ4v) is 3.49. The van der Waals surface area contributed by atoms with E-state index in [4.69, 9.17) is 14.2 Å². The topological polar surface area (TPSA) is 77.1 Å². The quantitative estimate of drug-likeness (QED) is 0.585. The van der Waals surface area contributed by atoms with E-state index in [1.54, 1.807) is 43.4 Å². The molecule has 0 unspecified atom stereocenters. The summed E-state index contributed by atoms with van der Waals surface area (Å²) in [5.41, 5.74) is 1.94. The highest BCUT2D eigenvalue weighted by atomic mass is 16.5. The van der Waals surface area contributed by atoms with Gasteiger partial charge in [-0.15, -0.1) is 0 Å². The zero-order valence-corrected chi connectivity index (χ0v) is 18.2. The van der Waals surface area contributed by atoms with Gasteiger partial charge in [-0.3, -0.25) is 9.59 Å². The van der Waals surface area contributed by atoms with Crippen LogP contribution in [-0.4, -0.2) is 32.1 Å². The van der Waals surface area contributed by atoms with Gasteiger partial charge in [-0.2, -0.15) is 0 Å². The molecule has 0 aromatic heterocycles. The van der Waals surface area contributed by atoms with E-state index < -0.39 is 0 Å². The SMILES string of the molecule is CCOc1ccc(C(=O)Nc2ccc3c(c2)C(=O)N(C)c2ccccc2O3)cc1OCC. The molecule has 3 aromatic rings. The number of rotatable bonds is 6. The first-order valence-electron chi connectivity index (χ1n) is 10.4. The summed E-state index contributed by atoms with van der Waals surface area (Å²) in [6.45, 7) is 4.70. The van der Waals surface area contributed by atoms with E-state index >= 15 is 0 Å². The highest BCUT2D eigenvalue weighted by Gasteiger charge is 2.26. The third kappa shape index (κ3) is 4.09. The van der Waals surface area contributed by atoms with Crippen molar-refractivity contribution in [3.8, 4) is 23.0 Å². The number of carbonyl (C=O) groups excluding carboxylic acids is 2. The maximum absolute atomic E-state index is 13.0. The van der Waals surface area contributed by atoms with E-state index in [1.165, 1.54) is 4.90 Å². The van der Waals surface area contributed by atoms with Gasteiger partial charge < -0.3 is 24.4 Å². The molecule has 7 heteroatoms. The summed E-state index contributed by atoms with van der Waals surface area (Å²) in [6.07, 6.45) is 0. The zero-order valence-electron chi connectivity index (χ0n) is 18.2. The molecule has 2 amide bonds. The third-order valence-corrected chi connectivity index (χ3v) is 5.02. The van der Waals surface area contributed by atoms with Crippen LogP contribution in [0.4, 0.5) is 11.4 Å². The van der Waals surface area contributed by atoms with Gasteiger partial charge in [0.2, 0.25) is 0 Å². The second-order valence-corrected chi connectivity index (χ2v) is 7.13. The molecule has 164 valence electrons. The second-order valence-electron chi connectivity index (χ2n) is 7.13. The molecule has 3 aromatic carbocycles. The van der Waals surface area contributed by atoms with Gasteiger partial charge in [0.15, 0.2) is 17.2 Å². The van der Waals surface area contributed by atoms with Crippen LogP contribution in [0.1, 0.15) is 34.6 Å². The van der Waals surface area contributed by atoms with Crippen LogP contribution in [0, 0.1) is 0 Å². The van der Waals surface area contributed by atoms with Gasteiger partial charge in [0, 0.05) is 18.3 Å². The number of anilines is 2. The lowest BCUT2D eigenvalue weighted by molar-refractivity contribution is 0.0990. The number of ether oxygens (including phenoxy) is 3. The van der Waals surface area contributed by atoms with Gasteiger partial charge in [-0.25, -0.2) is 0 Å². The average Bonchev–Trinajstić information content (AvgIpc) is 2.90. The lowest BCUT2D eigenvalue weighted by Crippen LogP contribution is -2.25. The number of para-hydroxylation sites is 2. The summed E-state index contributed by atoms with van der Waals surface area (Å²) in [5.74, 6) is 1.57. The molecule has 0 saturated carbocycles. The Morgan fingerprint density at radius 1 is 0.938 bits per heavy atom. The van der Waals surface area contributed by atoms with Gasteiger partial charge >= 0.3 is 0 Å². The molecule has 1 aliphatic rings. The Kier molecular flexibility index (Phi) is 5.98. The van der Waals surface area contributed by atoms with E-state index in [-0.39, 0.29) is 11.8 Å². The van der Waals surface area contributed by atoms with E-state index in [2.05, 4.69) is 5.32 Å². The number of fused-ring (bicyclic) bond motifs is 2. The number of amides is 2. The van der Waals surface area contributed by atoms with E-state index in [0.29, 0.717) is 58.7 Å². The summed E-state index contributed by atoms with van der Waals surface area (Å²) < 4.78 is 17.1. The lowest BCUT2D eigenvalue weighted by Gasteiger charge is -2.16. The number of nitrogens with zero attached hydrogens (tertiary/aromatic N) is 1.